The summed E-state index contributed by atoms with van der Waals surface area (Å²) in [6, 6.07) is 12.6. The summed E-state index contributed by atoms with van der Waals surface area (Å²) in [4.78, 5) is 0. The van der Waals surface area contributed by atoms with Crippen LogP contribution in [-0.4, -0.2) is 8.76 Å². The van der Waals surface area contributed by atoms with E-state index in [4.69, 9.17) is 9.08 Å². The van der Waals surface area contributed by atoms with Crippen molar-refractivity contribution in [2.24, 2.45) is 0 Å². The zero-order valence-electron chi connectivity index (χ0n) is 8.48. The molecule has 2 unspecified atom stereocenters. The Balaban J connectivity index is 2.30. The van der Waals surface area contributed by atoms with Crippen molar-refractivity contribution >= 4 is 30.4 Å². The number of rotatable bonds is 4. The molecule has 88 valence electrons. The first-order valence-electron chi connectivity index (χ1n) is 4.59. The maximum Gasteiger partial charge on any atom is 0.767 e. The summed E-state index contributed by atoms with van der Waals surface area (Å²) in [5.41, 5.74) is 0. The number of hydrogen-bond acceptors (Lipinski definition) is 4. The Kier molecular flexibility index (Phi) is 3.81. The standard InChI is InChI=1S/C10H7O5PS/c11-16(15-17(12)13)14-10-7-3-5-8-4-1-2-6-9(8)10/h1-7H/p+1. The van der Waals surface area contributed by atoms with E-state index in [2.05, 4.69) is 3.97 Å². The van der Waals surface area contributed by atoms with E-state index >= 15 is 0 Å². The number of fused-ring (bicyclic) bond motifs is 1. The Morgan fingerprint density at radius 1 is 1.12 bits per heavy atom. The third-order valence-corrected chi connectivity index (χ3v) is 3.39. The van der Waals surface area contributed by atoms with Crippen LogP contribution in [0.4, 0.5) is 0 Å². The molecule has 0 amide bonds. The molecule has 0 radical (unpaired) electrons. The lowest BCUT2D eigenvalue weighted by Crippen LogP contribution is -1.90. The minimum absolute atomic E-state index is 0.342. The van der Waals surface area contributed by atoms with Crippen molar-refractivity contribution in [2.45, 2.75) is 0 Å². The van der Waals surface area contributed by atoms with Crippen LogP contribution in [0.2, 0.25) is 0 Å². The number of hydrogen-bond donors (Lipinski definition) is 1. The van der Waals surface area contributed by atoms with Crippen molar-refractivity contribution in [2.75, 3.05) is 0 Å². The van der Waals surface area contributed by atoms with Crippen LogP contribution in [0.3, 0.4) is 0 Å². The molecule has 0 aromatic heterocycles. The summed E-state index contributed by atoms with van der Waals surface area (Å²) in [6.07, 6.45) is 0. The quantitative estimate of drug-likeness (QED) is 0.683. The minimum Gasteiger partial charge on any atom is -0.281 e. The van der Waals surface area contributed by atoms with Crippen molar-refractivity contribution in [3.05, 3.63) is 42.5 Å². The monoisotopic (exact) mass is 271 g/mol. The Morgan fingerprint density at radius 3 is 2.59 bits per heavy atom. The SMILES string of the molecule is O=[P+](Oc1cccc2ccccc12)OS(=O)O. The van der Waals surface area contributed by atoms with E-state index in [-0.39, 0.29) is 0 Å². The molecule has 2 aromatic carbocycles. The third-order valence-electron chi connectivity index (χ3n) is 2.05. The van der Waals surface area contributed by atoms with Crippen molar-refractivity contribution in [1.82, 2.24) is 0 Å². The normalized spacial score (nSPS) is 13.4. The average Bonchev–Trinajstić information content (AvgIpc) is 2.28. The van der Waals surface area contributed by atoms with E-state index in [0.717, 1.165) is 10.8 Å². The number of benzene rings is 2. The highest BCUT2D eigenvalue weighted by molar-refractivity contribution is 7.78. The summed E-state index contributed by atoms with van der Waals surface area (Å²) in [5.74, 6) is 0.342. The van der Waals surface area contributed by atoms with Gasteiger partial charge < -0.3 is 0 Å². The van der Waals surface area contributed by atoms with Crippen molar-refractivity contribution in [3.8, 4) is 5.75 Å². The van der Waals surface area contributed by atoms with Gasteiger partial charge in [-0.2, -0.15) is 4.21 Å². The van der Waals surface area contributed by atoms with Gasteiger partial charge in [0.1, 0.15) is 0 Å². The van der Waals surface area contributed by atoms with Gasteiger partial charge in [-0.05, 0) is 11.5 Å². The molecule has 5 nitrogen and oxygen atoms in total. The lowest BCUT2D eigenvalue weighted by Gasteiger charge is -1.99. The highest BCUT2D eigenvalue weighted by Gasteiger charge is 2.27. The maximum absolute atomic E-state index is 11.2. The van der Waals surface area contributed by atoms with E-state index in [0.29, 0.717) is 5.75 Å². The summed E-state index contributed by atoms with van der Waals surface area (Å²) in [5, 5.41) is 1.67. The maximum atomic E-state index is 11.2. The van der Waals surface area contributed by atoms with E-state index in [1.54, 1.807) is 18.2 Å². The first-order chi connectivity index (χ1) is 8.16. The van der Waals surface area contributed by atoms with Gasteiger partial charge in [-0.25, -0.2) is 4.52 Å². The molecule has 2 atom stereocenters. The molecule has 0 spiro atoms. The smallest absolute Gasteiger partial charge is 0.281 e. The highest BCUT2D eigenvalue weighted by Crippen LogP contribution is 2.33. The molecule has 0 saturated heterocycles. The van der Waals surface area contributed by atoms with Gasteiger partial charge in [0.05, 0.1) is 0 Å². The van der Waals surface area contributed by atoms with Crippen LogP contribution in [0.15, 0.2) is 42.5 Å². The van der Waals surface area contributed by atoms with Crippen molar-refractivity contribution in [3.63, 3.8) is 0 Å². The zero-order valence-corrected chi connectivity index (χ0v) is 10.2. The second-order valence-corrected chi connectivity index (χ2v) is 4.74. The summed E-state index contributed by atoms with van der Waals surface area (Å²) in [6.45, 7) is 0. The van der Waals surface area contributed by atoms with Crippen LogP contribution in [0.25, 0.3) is 10.8 Å². The van der Waals surface area contributed by atoms with Crippen LogP contribution in [0, 0.1) is 0 Å². The van der Waals surface area contributed by atoms with Gasteiger partial charge in [0, 0.05) is 13.9 Å². The molecule has 2 aromatic rings. The molecule has 1 N–H and O–H groups in total. The van der Waals surface area contributed by atoms with E-state index in [1.165, 1.54) is 0 Å². The fraction of sp³-hybridized carbons (Fsp3) is 0. The molecule has 0 aliphatic carbocycles. The first kappa shape index (κ1) is 12.1. The fourth-order valence-electron chi connectivity index (χ4n) is 1.42. The summed E-state index contributed by atoms with van der Waals surface area (Å²) >= 11 is -2.61. The molecule has 7 heteroatoms. The molecule has 0 heterocycles. The Hall–Kier alpha value is -1.33. The van der Waals surface area contributed by atoms with Gasteiger partial charge in [-0.1, -0.05) is 36.4 Å². The lowest BCUT2D eigenvalue weighted by atomic mass is 10.1. The fourth-order valence-corrected chi connectivity index (χ4v) is 2.28. The van der Waals surface area contributed by atoms with Crippen molar-refractivity contribution < 1.29 is 21.8 Å². The Bertz CT molecular complexity index is 580. The molecule has 0 aliphatic heterocycles. The predicted octanol–water partition coefficient (Wildman–Crippen LogP) is 3.03. The predicted molar refractivity (Wildman–Crippen MR) is 64.0 cm³/mol. The zero-order chi connectivity index (χ0) is 12.3. The minimum atomic E-state index is -2.67. The average molecular weight is 271 g/mol. The van der Waals surface area contributed by atoms with Crippen LogP contribution in [-0.2, 0) is 19.9 Å². The van der Waals surface area contributed by atoms with Crippen LogP contribution < -0.4 is 4.52 Å². The second kappa shape index (κ2) is 5.33. The van der Waals surface area contributed by atoms with Gasteiger partial charge in [-0.15, -0.1) is 0 Å². The molecular weight excluding hydrogens is 263 g/mol. The molecular formula is C10H8O5PS+. The second-order valence-electron chi connectivity index (χ2n) is 3.08. The molecule has 0 fully saturated rings. The van der Waals surface area contributed by atoms with Gasteiger partial charge in [0.25, 0.3) is 0 Å². The molecule has 2 rings (SSSR count). The van der Waals surface area contributed by atoms with E-state index < -0.39 is 19.6 Å². The first-order valence-corrected chi connectivity index (χ1v) is 6.72. The van der Waals surface area contributed by atoms with Gasteiger partial charge in [0.15, 0.2) is 5.75 Å². The molecule has 0 bridgehead atoms. The summed E-state index contributed by atoms with van der Waals surface area (Å²) in [7, 11) is -2.67. The van der Waals surface area contributed by atoms with Crippen LogP contribution in [0.5, 0.6) is 5.75 Å². The van der Waals surface area contributed by atoms with Crippen molar-refractivity contribution in [1.29, 1.82) is 0 Å². The largest absolute Gasteiger partial charge is 0.767 e. The van der Waals surface area contributed by atoms with Crippen LogP contribution in [0.1, 0.15) is 0 Å². The van der Waals surface area contributed by atoms with E-state index in [1.807, 2.05) is 24.3 Å². The van der Waals surface area contributed by atoms with Gasteiger partial charge in [0.2, 0.25) is 0 Å². The Labute approximate surface area is 101 Å². The van der Waals surface area contributed by atoms with Gasteiger partial charge in [-0.3, -0.25) is 4.55 Å². The third kappa shape index (κ3) is 3.08. The summed E-state index contributed by atoms with van der Waals surface area (Å²) < 4.78 is 39.0. The van der Waals surface area contributed by atoms with E-state index in [9.17, 15) is 8.77 Å². The topological polar surface area (TPSA) is 72.8 Å². The van der Waals surface area contributed by atoms with Gasteiger partial charge >= 0.3 is 19.6 Å². The Morgan fingerprint density at radius 2 is 1.82 bits per heavy atom. The molecule has 0 aliphatic rings. The van der Waals surface area contributed by atoms with Crippen LogP contribution >= 0.6 is 8.25 Å². The molecule has 17 heavy (non-hydrogen) atoms. The molecule has 0 saturated carbocycles. The highest BCUT2D eigenvalue weighted by atomic mass is 32.2. The lowest BCUT2D eigenvalue weighted by molar-refractivity contribution is 0.400.